The summed E-state index contributed by atoms with van der Waals surface area (Å²) in [5.41, 5.74) is 8.26. The van der Waals surface area contributed by atoms with Crippen molar-refractivity contribution >= 4 is 18.1 Å². The Bertz CT molecular complexity index is 529. The first-order valence-corrected chi connectivity index (χ1v) is 8.48. The van der Waals surface area contributed by atoms with Crippen molar-refractivity contribution in [3.8, 4) is 0 Å². The average Bonchev–Trinajstić information content (AvgIpc) is 2.99. The molecule has 2 aliphatic heterocycles. The van der Waals surface area contributed by atoms with Crippen LogP contribution in [0, 0.1) is 11.2 Å². The van der Waals surface area contributed by atoms with Crippen LogP contribution in [0.15, 0.2) is 18.2 Å². The molecule has 0 radical (unpaired) electrons. The Balaban J connectivity index is 0.00000192. The maximum atomic E-state index is 14.4. The molecule has 1 aromatic carbocycles. The molecule has 0 aliphatic carbocycles. The summed E-state index contributed by atoms with van der Waals surface area (Å²) >= 11 is 0. The van der Waals surface area contributed by atoms with Crippen molar-refractivity contribution in [2.75, 3.05) is 31.1 Å². The van der Waals surface area contributed by atoms with Gasteiger partial charge >= 0.3 is 0 Å². The second kappa shape index (κ2) is 7.37. The third-order valence-corrected chi connectivity index (χ3v) is 5.31. The molecule has 23 heavy (non-hydrogen) atoms. The summed E-state index contributed by atoms with van der Waals surface area (Å²) in [7, 11) is 0. The molecule has 0 amide bonds. The van der Waals surface area contributed by atoms with E-state index in [9.17, 15) is 4.39 Å². The second-order valence-corrected chi connectivity index (χ2v) is 7.53. The summed E-state index contributed by atoms with van der Waals surface area (Å²) in [5.74, 6) is -0.0721. The Morgan fingerprint density at radius 3 is 2.57 bits per heavy atom. The van der Waals surface area contributed by atoms with Gasteiger partial charge in [0.05, 0.1) is 0 Å². The largest absolute Gasteiger partial charge is 0.371 e. The highest BCUT2D eigenvalue weighted by Crippen LogP contribution is 2.32. The van der Waals surface area contributed by atoms with Crippen LogP contribution >= 0.6 is 12.4 Å². The van der Waals surface area contributed by atoms with Crippen LogP contribution < -0.4 is 10.6 Å². The highest BCUT2D eigenvalue weighted by Gasteiger charge is 2.34. The Labute approximate surface area is 145 Å². The van der Waals surface area contributed by atoms with Gasteiger partial charge in [0.15, 0.2) is 0 Å². The first kappa shape index (κ1) is 18.5. The number of nitrogens with two attached hydrogens (primary N) is 1. The third-order valence-electron chi connectivity index (χ3n) is 5.31. The zero-order chi connectivity index (χ0) is 15.7. The van der Waals surface area contributed by atoms with E-state index in [-0.39, 0.29) is 29.7 Å². The zero-order valence-corrected chi connectivity index (χ0v) is 15.0. The van der Waals surface area contributed by atoms with E-state index in [1.807, 2.05) is 6.07 Å². The van der Waals surface area contributed by atoms with Gasteiger partial charge in [0, 0.05) is 50.0 Å². The van der Waals surface area contributed by atoms with E-state index in [0.717, 1.165) is 43.9 Å². The SMILES string of the molecule is CC1(C)CN(Cc2c(F)cccc2N2CCCC2)CCC1N.Cl. The van der Waals surface area contributed by atoms with Gasteiger partial charge in [-0.2, -0.15) is 0 Å². The first-order valence-electron chi connectivity index (χ1n) is 8.48. The van der Waals surface area contributed by atoms with Gasteiger partial charge in [-0.25, -0.2) is 4.39 Å². The van der Waals surface area contributed by atoms with Crippen LogP contribution in [0.3, 0.4) is 0 Å². The quantitative estimate of drug-likeness (QED) is 0.914. The molecule has 1 atom stereocenters. The number of nitrogens with zero attached hydrogens (tertiary/aromatic N) is 2. The molecule has 1 unspecified atom stereocenters. The molecule has 0 aromatic heterocycles. The van der Waals surface area contributed by atoms with Crippen molar-refractivity contribution in [1.29, 1.82) is 0 Å². The minimum Gasteiger partial charge on any atom is -0.371 e. The maximum absolute atomic E-state index is 14.4. The van der Waals surface area contributed by atoms with E-state index in [1.54, 1.807) is 6.07 Å². The third kappa shape index (κ3) is 3.98. The summed E-state index contributed by atoms with van der Waals surface area (Å²) in [6, 6.07) is 5.74. The standard InChI is InChI=1S/C18H28FN3.ClH/c1-18(2)13-21(11-8-17(18)20)12-14-15(19)6-5-7-16(14)22-9-3-4-10-22;/h5-7,17H,3-4,8-13,20H2,1-2H3;1H. The van der Waals surface area contributed by atoms with Crippen molar-refractivity contribution in [1.82, 2.24) is 4.90 Å². The van der Waals surface area contributed by atoms with Crippen molar-refractivity contribution in [2.45, 2.75) is 45.7 Å². The van der Waals surface area contributed by atoms with Gasteiger partial charge in [-0.1, -0.05) is 19.9 Å². The fourth-order valence-electron chi connectivity index (χ4n) is 3.80. The number of hydrogen-bond donors (Lipinski definition) is 1. The summed E-state index contributed by atoms with van der Waals surface area (Å²) in [5, 5.41) is 0. The molecule has 0 saturated carbocycles. The van der Waals surface area contributed by atoms with E-state index in [0.29, 0.717) is 6.54 Å². The van der Waals surface area contributed by atoms with Crippen molar-refractivity contribution in [3.05, 3.63) is 29.6 Å². The minimum atomic E-state index is -0.0721. The van der Waals surface area contributed by atoms with Crippen LogP contribution in [-0.4, -0.2) is 37.1 Å². The molecule has 5 heteroatoms. The lowest BCUT2D eigenvalue weighted by Crippen LogP contribution is -2.52. The topological polar surface area (TPSA) is 32.5 Å². The first-order chi connectivity index (χ1) is 10.5. The van der Waals surface area contributed by atoms with Gasteiger partial charge in [-0.05, 0) is 36.8 Å². The van der Waals surface area contributed by atoms with Crippen LogP contribution in [0.4, 0.5) is 10.1 Å². The number of halogens is 2. The molecule has 3 rings (SSSR count). The summed E-state index contributed by atoms with van der Waals surface area (Å²) in [4.78, 5) is 4.70. The molecule has 0 spiro atoms. The molecule has 2 N–H and O–H groups in total. The lowest BCUT2D eigenvalue weighted by atomic mass is 9.79. The van der Waals surface area contributed by atoms with Crippen molar-refractivity contribution in [2.24, 2.45) is 11.1 Å². The van der Waals surface area contributed by atoms with Gasteiger partial charge < -0.3 is 10.6 Å². The molecule has 3 nitrogen and oxygen atoms in total. The van der Waals surface area contributed by atoms with Crippen LogP contribution in [0.2, 0.25) is 0 Å². The minimum absolute atomic E-state index is 0. The Kier molecular flexibility index (Phi) is 5.93. The van der Waals surface area contributed by atoms with Crippen LogP contribution in [-0.2, 0) is 6.54 Å². The van der Waals surface area contributed by atoms with Crippen molar-refractivity contribution in [3.63, 3.8) is 0 Å². The molecule has 2 heterocycles. The highest BCUT2D eigenvalue weighted by molar-refractivity contribution is 5.85. The number of rotatable bonds is 3. The Morgan fingerprint density at radius 2 is 1.91 bits per heavy atom. The second-order valence-electron chi connectivity index (χ2n) is 7.53. The van der Waals surface area contributed by atoms with Crippen molar-refractivity contribution < 1.29 is 4.39 Å². The van der Waals surface area contributed by atoms with E-state index in [4.69, 9.17) is 5.73 Å². The molecular formula is C18H29ClFN3. The smallest absolute Gasteiger partial charge is 0.129 e. The maximum Gasteiger partial charge on any atom is 0.129 e. The van der Waals surface area contributed by atoms with Crippen LogP contribution in [0.5, 0.6) is 0 Å². The molecule has 2 saturated heterocycles. The predicted molar refractivity (Wildman–Crippen MR) is 96.7 cm³/mol. The summed E-state index contributed by atoms with van der Waals surface area (Å²) < 4.78 is 14.4. The highest BCUT2D eigenvalue weighted by atomic mass is 35.5. The normalized spacial score (nSPS) is 24.5. The van der Waals surface area contributed by atoms with Gasteiger partial charge in [0.1, 0.15) is 5.82 Å². The Morgan fingerprint density at radius 1 is 1.22 bits per heavy atom. The fourth-order valence-corrected chi connectivity index (χ4v) is 3.80. The van der Waals surface area contributed by atoms with Gasteiger partial charge in [-0.3, -0.25) is 4.90 Å². The number of piperidine rings is 1. The monoisotopic (exact) mass is 341 g/mol. The molecule has 1 aromatic rings. The number of likely N-dealkylation sites (tertiary alicyclic amines) is 1. The van der Waals surface area contributed by atoms with Gasteiger partial charge in [0.25, 0.3) is 0 Å². The zero-order valence-electron chi connectivity index (χ0n) is 14.2. The Hall–Kier alpha value is -0.840. The van der Waals surface area contributed by atoms with Gasteiger partial charge in [-0.15, -0.1) is 12.4 Å². The lowest BCUT2D eigenvalue weighted by molar-refractivity contribution is 0.0891. The number of hydrogen-bond acceptors (Lipinski definition) is 3. The predicted octanol–water partition coefficient (Wildman–Crippen LogP) is 3.41. The van der Waals surface area contributed by atoms with Crippen LogP contribution in [0.25, 0.3) is 0 Å². The van der Waals surface area contributed by atoms with Crippen LogP contribution in [0.1, 0.15) is 38.7 Å². The number of anilines is 1. The number of benzene rings is 1. The van der Waals surface area contributed by atoms with E-state index in [1.165, 1.54) is 12.8 Å². The van der Waals surface area contributed by atoms with E-state index < -0.39 is 0 Å². The van der Waals surface area contributed by atoms with E-state index >= 15 is 0 Å². The average molecular weight is 342 g/mol. The molecule has 2 fully saturated rings. The van der Waals surface area contributed by atoms with Gasteiger partial charge in [0.2, 0.25) is 0 Å². The summed E-state index contributed by atoms with van der Waals surface area (Å²) in [6.07, 6.45) is 3.41. The fraction of sp³-hybridized carbons (Fsp3) is 0.667. The molecular weight excluding hydrogens is 313 g/mol. The lowest BCUT2D eigenvalue weighted by Gasteiger charge is -2.43. The molecule has 2 aliphatic rings. The molecule has 130 valence electrons. The molecule has 0 bridgehead atoms. The summed E-state index contributed by atoms with van der Waals surface area (Å²) in [6.45, 7) is 9.10. The van der Waals surface area contributed by atoms with E-state index in [2.05, 4.69) is 29.7 Å².